The first-order chi connectivity index (χ1) is 23.7. The first kappa shape index (κ1) is 35.3. The summed E-state index contributed by atoms with van der Waals surface area (Å²) in [5.74, 6) is -2.28. The smallest absolute Gasteiger partial charge is 0.339 e. The summed E-state index contributed by atoms with van der Waals surface area (Å²) in [4.78, 5) is 80.1. The van der Waals surface area contributed by atoms with Crippen molar-refractivity contribution in [2.75, 3.05) is 32.7 Å². The molecular weight excluding hydrogens is 673 g/mol. The van der Waals surface area contributed by atoms with Crippen LogP contribution < -0.4 is 10.9 Å². The lowest BCUT2D eigenvalue weighted by Crippen LogP contribution is -2.60. The zero-order valence-electron chi connectivity index (χ0n) is 27.2. The number of carbonyl (C=O) groups is 3. The van der Waals surface area contributed by atoms with Gasteiger partial charge in [0.25, 0.3) is 5.91 Å². The molecule has 4 heterocycles. The van der Waals surface area contributed by atoms with Crippen LogP contribution >= 0.6 is 7.60 Å². The number of H-pyrrole nitrogens is 1. The van der Waals surface area contributed by atoms with E-state index in [-0.39, 0.29) is 54.0 Å². The van der Waals surface area contributed by atoms with Crippen LogP contribution in [0.15, 0.2) is 59.5 Å². The van der Waals surface area contributed by atoms with Crippen molar-refractivity contribution in [1.29, 1.82) is 5.26 Å². The summed E-state index contributed by atoms with van der Waals surface area (Å²) in [6, 6.07) is 10.7. The Hall–Kier alpha value is -4.48. The standard InChI is InChI=1S/C34H37F2N6O7P/c1-2-40-12-10-26-7-8-29(33(46)41-17-24(16-37)27(18-41)21-9-11-38-30(43)15-21)42(26)32(45)28(19-40)39-31(44)22-4-3-20-5-6-25(14-23(20)13-22)34(35,36)50(47,48)49/h3-6,9,11,13-15,24,26-29H,2,7-8,10,12,17-19H2,1H3,(H,38,43)(H,39,44)(H2,47,48,49)/t24-,26-,27+,28+,29+/m1/s1. The second-order valence-electron chi connectivity index (χ2n) is 13.1. The molecule has 0 unspecified atom stereocenters. The van der Waals surface area contributed by atoms with Gasteiger partial charge in [-0.05, 0) is 66.4 Å². The van der Waals surface area contributed by atoms with Crippen LogP contribution in [-0.4, -0.2) is 98.0 Å². The highest BCUT2D eigenvalue weighted by molar-refractivity contribution is 7.52. The van der Waals surface area contributed by atoms with Crippen molar-refractivity contribution in [1.82, 2.24) is 25.0 Å². The van der Waals surface area contributed by atoms with Crippen LogP contribution in [0.1, 0.15) is 53.6 Å². The van der Waals surface area contributed by atoms with Crippen LogP contribution in [0, 0.1) is 17.2 Å². The Morgan fingerprint density at radius 1 is 1.04 bits per heavy atom. The van der Waals surface area contributed by atoms with E-state index in [1.54, 1.807) is 15.9 Å². The van der Waals surface area contributed by atoms with Gasteiger partial charge in [-0.15, -0.1) is 0 Å². The van der Waals surface area contributed by atoms with Crippen LogP contribution in [0.4, 0.5) is 8.78 Å². The molecule has 3 aliphatic rings. The van der Waals surface area contributed by atoms with Gasteiger partial charge in [0.2, 0.25) is 17.4 Å². The average molecular weight is 711 g/mol. The minimum atomic E-state index is -5.81. The van der Waals surface area contributed by atoms with Gasteiger partial charge in [0.15, 0.2) is 0 Å². The Labute approximate surface area is 286 Å². The van der Waals surface area contributed by atoms with Crippen LogP contribution in [0.2, 0.25) is 0 Å². The lowest BCUT2D eigenvalue weighted by Gasteiger charge is -2.39. The molecule has 3 aliphatic heterocycles. The molecule has 3 saturated heterocycles. The first-order valence-corrected chi connectivity index (χ1v) is 18.0. The lowest BCUT2D eigenvalue weighted by molar-refractivity contribution is -0.147. The number of likely N-dealkylation sites (N-methyl/N-ethyl adjacent to an activating group) is 1. The Balaban J connectivity index is 1.24. The summed E-state index contributed by atoms with van der Waals surface area (Å²) >= 11 is 0. The number of alkyl halides is 2. The fourth-order valence-electron chi connectivity index (χ4n) is 7.42. The number of nitrogens with zero attached hydrogens (tertiary/aromatic N) is 4. The highest BCUT2D eigenvalue weighted by Gasteiger charge is 2.51. The molecule has 1 aromatic heterocycles. The van der Waals surface area contributed by atoms with E-state index in [4.69, 9.17) is 0 Å². The van der Waals surface area contributed by atoms with E-state index in [9.17, 15) is 47.6 Å². The molecule has 0 saturated carbocycles. The number of benzene rings is 2. The summed E-state index contributed by atoms with van der Waals surface area (Å²) < 4.78 is 40.3. The van der Waals surface area contributed by atoms with E-state index >= 15 is 0 Å². The number of nitrogens with one attached hydrogen (secondary N) is 2. The molecule has 3 amide bonds. The van der Waals surface area contributed by atoms with Gasteiger partial charge in [-0.1, -0.05) is 25.1 Å². The van der Waals surface area contributed by atoms with E-state index in [2.05, 4.69) is 16.4 Å². The number of amides is 3. The topological polar surface area (TPSA) is 187 Å². The highest BCUT2D eigenvalue weighted by Crippen LogP contribution is 2.59. The highest BCUT2D eigenvalue weighted by atomic mass is 31.2. The molecule has 0 bridgehead atoms. The van der Waals surface area contributed by atoms with Crippen molar-refractivity contribution in [2.45, 2.75) is 55.9 Å². The fourth-order valence-corrected chi connectivity index (χ4v) is 7.89. The van der Waals surface area contributed by atoms with Crippen molar-refractivity contribution in [3.63, 3.8) is 0 Å². The number of rotatable bonds is 7. The fraction of sp³-hybridized carbons (Fsp3) is 0.441. The molecule has 2 aromatic carbocycles. The van der Waals surface area contributed by atoms with Crippen molar-refractivity contribution < 1.29 is 37.5 Å². The third-order valence-corrected chi connectivity index (χ3v) is 11.1. The van der Waals surface area contributed by atoms with E-state index in [0.717, 1.165) is 12.1 Å². The van der Waals surface area contributed by atoms with E-state index < -0.39 is 48.6 Å². The molecule has 3 aromatic rings. The monoisotopic (exact) mass is 710 g/mol. The molecule has 16 heteroatoms. The molecule has 0 radical (unpaired) electrons. The Kier molecular flexibility index (Phi) is 9.67. The summed E-state index contributed by atoms with van der Waals surface area (Å²) in [5, 5.41) is 13.3. The maximum Gasteiger partial charge on any atom is 0.399 e. The van der Waals surface area contributed by atoms with Crippen molar-refractivity contribution in [3.8, 4) is 6.07 Å². The first-order valence-electron chi connectivity index (χ1n) is 16.4. The average Bonchev–Trinajstić information content (AvgIpc) is 3.72. The summed E-state index contributed by atoms with van der Waals surface area (Å²) in [6.45, 7) is 3.71. The van der Waals surface area contributed by atoms with Gasteiger partial charge in [-0.3, -0.25) is 23.7 Å². The van der Waals surface area contributed by atoms with Crippen LogP contribution in [0.25, 0.3) is 10.8 Å². The van der Waals surface area contributed by atoms with Gasteiger partial charge in [0, 0.05) is 61.5 Å². The number of nitriles is 1. The van der Waals surface area contributed by atoms with Gasteiger partial charge in [-0.25, -0.2) is 0 Å². The summed E-state index contributed by atoms with van der Waals surface area (Å²) in [6.07, 6.45) is 3.13. The number of likely N-dealkylation sites (tertiary alicyclic amines) is 1. The van der Waals surface area contributed by atoms with Crippen molar-refractivity contribution in [3.05, 3.63) is 81.8 Å². The summed E-state index contributed by atoms with van der Waals surface area (Å²) in [7, 11) is -5.81. The van der Waals surface area contributed by atoms with Gasteiger partial charge in [0.1, 0.15) is 12.1 Å². The molecule has 0 spiro atoms. The molecule has 3 fully saturated rings. The molecular formula is C34H37F2N6O7P. The SMILES string of the molecule is CCN1CC[C@H]2CC[C@@H](C(=O)N3C[C@@H](C#N)[C@H](c4cc[nH]c(=O)c4)C3)N2C(=O)[C@@H](NC(=O)c2ccc3ccc(C(F)(F)P(=O)(O)O)cc3c2)C1. The number of aromatic amines is 1. The normalized spacial score (nSPS) is 24.8. The van der Waals surface area contributed by atoms with E-state index in [0.29, 0.717) is 43.3 Å². The minimum absolute atomic E-state index is 0.0445. The lowest BCUT2D eigenvalue weighted by atomic mass is 9.91. The van der Waals surface area contributed by atoms with Crippen LogP contribution in [0.5, 0.6) is 0 Å². The Morgan fingerprint density at radius 2 is 1.80 bits per heavy atom. The third kappa shape index (κ3) is 6.68. The van der Waals surface area contributed by atoms with Crippen LogP contribution in [0.3, 0.4) is 0 Å². The van der Waals surface area contributed by atoms with Crippen LogP contribution in [-0.2, 0) is 19.8 Å². The van der Waals surface area contributed by atoms with Crippen molar-refractivity contribution >= 4 is 36.1 Å². The predicted octanol–water partition coefficient (Wildman–Crippen LogP) is 2.70. The molecule has 5 atom stereocenters. The number of fused-ring (bicyclic) bond motifs is 2. The number of carbonyl (C=O) groups excluding carboxylic acids is 3. The third-order valence-electron chi connectivity index (χ3n) is 10.2. The van der Waals surface area contributed by atoms with Gasteiger partial charge in [-0.2, -0.15) is 14.0 Å². The van der Waals surface area contributed by atoms with E-state index in [1.165, 1.54) is 36.5 Å². The maximum atomic E-state index is 14.4. The van der Waals surface area contributed by atoms with E-state index in [1.807, 2.05) is 11.8 Å². The van der Waals surface area contributed by atoms with Gasteiger partial charge in [0.05, 0.1) is 12.0 Å². The molecule has 4 N–H and O–H groups in total. The Bertz CT molecular complexity index is 1980. The number of hydrogen-bond donors (Lipinski definition) is 4. The molecule has 13 nitrogen and oxygen atoms in total. The number of aromatic nitrogens is 1. The Morgan fingerprint density at radius 3 is 2.50 bits per heavy atom. The molecule has 0 aliphatic carbocycles. The zero-order chi connectivity index (χ0) is 36.0. The second kappa shape index (κ2) is 13.7. The number of halogens is 2. The quantitative estimate of drug-likeness (QED) is 0.268. The van der Waals surface area contributed by atoms with Gasteiger partial charge >= 0.3 is 13.3 Å². The molecule has 6 rings (SSSR count). The molecule has 264 valence electrons. The maximum absolute atomic E-state index is 14.4. The second-order valence-corrected chi connectivity index (χ2v) is 14.8. The minimum Gasteiger partial charge on any atom is -0.339 e. The summed E-state index contributed by atoms with van der Waals surface area (Å²) in [5.41, 5.74) is -4.93. The molecule has 50 heavy (non-hydrogen) atoms. The van der Waals surface area contributed by atoms with Crippen molar-refractivity contribution in [2.24, 2.45) is 5.92 Å². The van der Waals surface area contributed by atoms with Gasteiger partial charge < -0.3 is 34.8 Å². The largest absolute Gasteiger partial charge is 0.399 e. The number of hydrogen-bond acceptors (Lipinski definition) is 7. The number of pyridine rings is 1. The predicted molar refractivity (Wildman–Crippen MR) is 177 cm³/mol. The zero-order valence-corrected chi connectivity index (χ0v) is 28.1.